The van der Waals surface area contributed by atoms with E-state index in [4.69, 9.17) is 8.83 Å². The maximum Gasteiger partial charge on any atom is 0.342 e. The van der Waals surface area contributed by atoms with Crippen molar-refractivity contribution in [3.8, 4) is 0 Å². The summed E-state index contributed by atoms with van der Waals surface area (Å²) in [6.07, 6.45) is 0. The molecule has 0 atom stereocenters. The average Bonchev–Trinajstić information content (AvgIpc) is 4.05. The van der Waals surface area contributed by atoms with Crippen LogP contribution in [-0.2, 0) is 21.7 Å². The van der Waals surface area contributed by atoms with Gasteiger partial charge in [-0.15, -0.1) is 0 Å². The fourth-order valence-electron chi connectivity index (χ4n) is 11.7. The molecule has 0 saturated carbocycles. The highest BCUT2D eigenvalue weighted by Gasteiger charge is 2.52. The molecule has 336 valence electrons. The van der Waals surface area contributed by atoms with Gasteiger partial charge in [0.1, 0.15) is 22.5 Å². The maximum atomic E-state index is 7.36. The third-order valence-electron chi connectivity index (χ3n) is 15.3. The Morgan fingerprint density at radius 2 is 0.750 bits per heavy atom. The van der Waals surface area contributed by atoms with Gasteiger partial charge in [-0.2, -0.15) is 0 Å². The summed E-state index contributed by atoms with van der Waals surface area (Å²) >= 11 is 0. The van der Waals surface area contributed by atoms with Crippen molar-refractivity contribution in [1.29, 1.82) is 0 Å². The molecule has 5 nitrogen and oxygen atoms in total. The van der Waals surface area contributed by atoms with Crippen LogP contribution in [0.15, 0.2) is 142 Å². The van der Waals surface area contributed by atoms with Gasteiger partial charge in [0.05, 0.1) is 39.3 Å². The average molecular weight is 888 g/mol. The number of benzene rings is 7. The molecule has 2 aliphatic rings. The molecule has 6 heterocycles. The molecule has 0 N–H and O–H groups in total. The van der Waals surface area contributed by atoms with Crippen LogP contribution in [0.1, 0.15) is 105 Å². The van der Waals surface area contributed by atoms with Crippen LogP contribution in [0.3, 0.4) is 0 Å². The van der Waals surface area contributed by atoms with Crippen LogP contribution in [0, 0.1) is 0 Å². The fourth-order valence-corrected chi connectivity index (χ4v) is 11.7. The summed E-state index contributed by atoms with van der Waals surface area (Å²) in [6.45, 7) is 27.4. The van der Waals surface area contributed by atoms with Crippen molar-refractivity contribution in [3.05, 3.63) is 156 Å². The summed E-state index contributed by atoms with van der Waals surface area (Å²) in [5, 5.41) is 7.15. The zero-order valence-corrected chi connectivity index (χ0v) is 41.4. The normalized spacial score (nSPS) is 14.4. The highest BCUT2D eigenvalue weighted by Crippen LogP contribution is 2.57. The monoisotopic (exact) mass is 887 g/mol. The predicted octanol–water partition coefficient (Wildman–Crippen LogP) is 15.6. The fraction of sp³-hybridized carbons (Fsp3) is 0.258. The molecule has 0 aliphatic carbocycles. The molecule has 6 heteroatoms. The van der Waals surface area contributed by atoms with Gasteiger partial charge in [0, 0.05) is 43.7 Å². The Hall–Kier alpha value is -6.92. The first-order valence-electron chi connectivity index (χ1n) is 24.5. The topological polar surface area (TPSA) is 37.2 Å². The Morgan fingerprint density at radius 3 is 1.13 bits per heavy atom. The molecular formula is C62H58BN3O2. The number of aromatic nitrogens is 1. The highest BCUT2D eigenvalue weighted by atomic mass is 16.3. The first-order chi connectivity index (χ1) is 32.3. The molecule has 0 saturated heterocycles. The van der Waals surface area contributed by atoms with E-state index in [1.165, 1.54) is 77.2 Å². The van der Waals surface area contributed by atoms with Crippen LogP contribution >= 0.6 is 0 Å². The molecule has 0 radical (unpaired) electrons. The van der Waals surface area contributed by atoms with E-state index in [0.717, 1.165) is 56.0 Å². The molecular weight excluding hydrogens is 830 g/mol. The van der Waals surface area contributed by atoms with Crippen LogP contribution in [-0.4, -0.2) is 11.1 Å². The summed E-state index contributed by atoms with van der Waals surface area (Å²) in [7, 11) is 0. The number of para-hydroxylation sites is 2. The van der Waals surface area contributed by atoms with E-state index < -0.39 is 0 Å². The van der Waals surface area contributed by atoms with E-state index in [-0.39, 0.29) is 28.4 Å². The van der Waals surface area contributed by atoms with Crippen LogP contribution in [0.25, 0.3) is 60.0 Å². The molecule has 7 aromatic carbocycles. The van der Waals surface area contributed by atoms with E-state index in [2.05, 4.69) is 231 Å². The van der Waals surface area contributed by atoms with Crippen molar-refractivity contribution in [2.75, 3.05) is 9.80 Å². The van der Waals surface area contributed by atoms with Gasteiger partial charge in [0.2, 0.25) is 0 Å². The van der Waals surface area contributed by atoms with Gasteiger partial charge >= 0.3 is 6.71 Å². The SMILES string of the molecule is CC(C)(C)c1ccc(N2c3c(oc4ccccc34)B3c4oc5ccccc5c4N(c4ccc(C(C)(C)C)cc4)c4c3c2c2c3cc(C(C)(C)C)ccc3n3c5ccc(C(C)(C)C)cc5c4c23)cc1. The third-order valence-corrected chi connectivity index (χ3v) is 15.3. The van der Waals surface area contributed by atoms with Gasteiger partial charge < -0.3 is 23.0 Å². The number of hydrogen-bond acceptors (Lipinski definition) is 4. The summed E-state index contributed by atoms with van der Waals surface area (Å²) in [5.41, 5.74) is 20.1. The van der Waals surface area contributed by atoms with E-state index >= 15 is 0 Å². The van der Waals surface area contributed by atoms with Crippen molar-refractivity contribution < 1.29 is 8.83 Å². The van der Waals surface area contributed by atoms with Crippen LogP contribution in [0.4, 0.5) is 34.1 Å². The highest BCUT2D eigenvalue weighted by molar-refractivity contribution is 7.00. The van der Waals surface area contributed by atoms with Crippen LogP contribution in [0.2, 0.25) is 0 Å². The number of furan rings is 2. The molecule has 11 aromatic rings. The van der Waals surface area contributed by atoms with E-state index in [9.17, 15) is 0 Å². The van der Waals surface area contributed by atoms with E-state index in [1.807, 2.05) is 0 Å². The smallest absolute Gasteiger partial charge is 0.342 e. The van der Waals surface area contributed by atoms with Crippen molar-refractivity contribution in [2.24, 2.45) is 0 Å². The lowest BCUT2D eigenvalue weighted by Gasteiger charge is -2.41. The standard InChI is InChI=1S/C62H58BN3O2/c1-59(2,3)35-21-27-39(28-22-35)64-52-41-17-13-15-19-47(41)67-57(52)63-51-55(64)49-43-33-37(61(7,8)9)25-31-45(43)66-46-32-26-38(62(10,11)12)34-44(46)50(54(49)66)56(51)65(40-29-23-36(24-30-40)60(4,5)6)53-42-18-14-16-20-48(42)68-58(53)63/h13-34H,1-12H3. The molecule has 2 aliphatic heterocycles. The predicted molar refractivity (Wildman–Crippen MR) is 289 cm³/mol. The summed E-state index contributed by atoms with van der Waals surface area (Å²) in [4.78, 5) is 5.13. The minimum atomic E-state index is -0.361. The summed E-state index contributed by atoms with van der Waals surface area (Å²) in [5.74, 6) is 0. The zero-order valence-electron chi connectivity index (χ0n) is 41.4. The van der Waals surface area contributed by atoms with E-state index in [1.54, 1.807) is 0 Å². The minimum absolute atomic E-state index is 0.0128. The second-order valence-corrected chi connectivity index (χ2v) is 23.8. The molecule has 68 heavy (non-hydrogen) atoms. The molecule has 0 bridgehead atoms. The first-order valence-corrected chi connectivity index (χ1v) is 24.5. The number of rotatable bonds is 2. The Kier molecular flexibility index (Phi) is 8.14. The van der Waals surface area contributed by atoms with Crippen LogP contribution < -0.4 is 26.6 Å². The van der Waals surface area contributed by atoms with Crippen molar-refractivity contribution in [1.82, 2.24) is 4.40 Å². The largest absolute Gasteiger partial charge is 0.468 e. The van der Waals surface area contributed by atoms with Gasteiger partial charge in [0.25, 0.3) is 0 Å². The molecule has 0 fully saturated rings. The van der Waals surface area contributed by atoms with Gasteiger partial charge in [-0.3, -0.25) is 0 Å². The first kappa shape index (κ1) is 41.3. The van der Waals surface area contributed by atoms with Gasteiger partial charge in [0.15, 0.2) is 0 Å². The Morgan fingerprint density at radius 1 is 0.382 bits per heavy atom. The number of nitrogens with zero attached hydrogens (tertiary/aromatic N) is 3. The molecule has 4 aromatic heterocycles. The molecule has 0 amide bonds. The molecule has 13 rings (SSSR count). The van der Waals surface area contributed by atoms with Gasteiger partial charge in [-0.05, 0) is 122 Å². The maximum absolute atomic E-state index is 7.36. The lowest BCUT2D eigenvalue weighted by Crippen LogP contribution is -2.60. The second-order valence-electron chi connectivity index (χ2n) is 23.8. The lowest BCUT2D eigenvalue weighted by molar-refractivity contribution is 0.590. The van der Waals surface area contributed by atoms with Crippen molar-refractivity contribution in [2.45, 2.75) is 105 Å². The Balaban J connectivity index is 1.31. The summed E-state index contributed by atoms with van der Waals surface area (Å²) < 4.78 is 17.3. The number of anilines is 6. The number of hydrogen-bond donors (Lipinski definition) is 0. The van der Waals surface area contributed by atoms with Crippen molar-refractivity contribution in [3.63, 3.8) is 0 Å². The number of fused-ring (bicyclic) bond motifs is 16. The Bertz CT molecular complexity index is 3640. The lowest BCUT2D eigenvalue weighted by atomic mass is 9.37. The molecule has 0 spiro atoms. The summed E-state index contributed by atoms with van der Waals surface area (Å²) in [6, 6.07) is 50.3. The van der Waals surface area contributed by atoms with Gasteiger partial charge in [-0.1, -0.05) is 144 Å². The van der Waals surface area contributed by atoms with Crippen molar-refractivity contribution >= 4 is 118 Å². The zero-order chi connectivity index (χ0) is 47.1. The second kappa shape index (κ2) is 13.4. The van der Waals surface area contributed by atoms with Crippen LogP contribution in [0.5, 0.6) is 0 Å². The third kappa shape index (κ3) is 5.58. The Labute approximate surface area is 399 Å². The molecule has 0 unspecified atom stereocenters. The quantitative estimate of drug-likeness (QED) is 0.162. The van der Waals surface area contributed by atoms with Gasteiger partial charge in [-0.25, -0.2) is 0 Å². The minimum Gasteiger partial charge on any atom is -0.468 e. The van der Waals surface area contributed by atoms with E-state index in [0.29, 0.717) is 0 Å².